The summed E-state index contributed by atoms with van der Waals surface area (Å²) in [6.07, 6.45) is 2.15. The number of ketones is 1. The van der Waals surface area contributed by atoms with Crippen molar-refractivity contribution in [3.05, 3.63) is 29.8 Å². The standard InChI is InChI=1S/C17H20O4/c1-19-16-8-5-14(6-9-16)12-20-11-3-2-4-15(18)7-10-17-13-21-17/h5-6,8-9,17H,3,7,10-13H2,1H3. The highest BCUT2D eigenvalue weighted by atomic mass is 16.6. The molecule has 0 amide bonds. The molecule has 1 heterocycles. The normalized spacial score (nSPS) is 16.0. The van der Waals surface area contributed by atoms with Crippen LogP contribution < -0.4 is 4.74 Å². The largest absolute Gasteiger partial charge is 0.497 e. The summed E-state index contributed by atoms with van der Waals surface area (Å²) in [5, 5.41) is 0. The summed E-state index contributed by atoms with van der Waals surface area (Å²) >= 11 is 0. The third kappa shape index (κ3) is 6.44. The molecule has 1 aromatic carbocycles. The third-order valence-electron chi connectivity index (χ3n) is 3.12. The van der Waals surface area contributed by atoms with Gasteiger partial charge in [-0.1, -0.05) is 18.1 Å². The van der Waals surface area contributed by atoms with Gasteiger partial charge in [0, 0.05) is 12.8 Å². The molecule has 0 saturated carbocycles. The summed E-state index contributed by atoms with van der Waals surface area (Å²) in [5.74, 6) is 6.31. The molecular formula is C17H20O4. The quantitative estimate of drug-likeness (QED) is 0.319. The van der Waals surface area contributed by atoms with Crippen LogP contribution in [0.4, 0.5) is 0 Å². The Morgan fingerprint density at radius 2 is 2.14 bits per heavy atom. The molecular weight excluding hydrogens is 268 g/mol. The molecule has 1 unspecified atom stereocenters. The monoisotopic (exact) mass is 288 g/mol. The van der Waals surface area contributed by atoms with E-state index in [2.05, 4.69) is 11.8 Å². The van der Waals surface area contributed by atoms with Crippen LogP contribution in [0.2, 0.25) is 0 Å². The average molecular weight is 288 g/mol. The molecule has 1 aliphatic heterocycles. The second-order valence-electron chi connectivity index (χ2n) is 4.87. The van der Waals surface area contributed by atoms with Gasteiger partial charge in [0.05, 0.1) is 33.0 Å². The number of carbonyl (C=O) groups is 1. The fraction of sp³-hybridized carbons (Fsp3) is 0.471. The van der Waals surface area contributed by atoms with Gasteiger partial charge in [0.25, 0.3) is 0 Å². The van der Waals surface area contributed by atoms with Crippen molar-refractivity contribution >= 4 is 5.78 Å². The predicted molar refractivity (Wildman–Crippen MR) is 79.0 cm³/mol. The molecule has 0 aromatic heterocycles. The van der Waals surface area contributed by atoms with Gasteiger partial charge in [-0.2, -0.15) is 0 Å². The van der Waals surface area contributed by atoms with E-state index in [0.29, 0.717) is 32.2 Å². The molecule has 1 aromatic rings. The summed E-state index contributed by atoms with van der Waals surface area (Å²) in [6.45, 7) is 1.86. The minimum atomic E-state index is -0.0133. The van der Waals surface area contributed by atoms with E-state index in [1.807, 2.05) is 24.3 Å². The molecule has 1 aliphatic rings. The molecule has 21 heavy (non-hydrogen) atoms. The number of epoxide rings is 1. The Morgan fingerprint density at radius 3 is 2.81 bits per heavy atom. The number of hydrogen-bond acceptors (Lipinski definition) is 4. The van der Waals surface area contributed by atoms with Crippen molar-refractivity contribution in [1.82, 2.24) is 0 Å². The molecule has 0 radical (unpaired) electrons. The van der Waals surface area contributed by atoms with Crippen molar-refractivity contribution in [1.29, 1.82) is 0 Å². The molecule has 0 N–H and O–H groups in total. The minimum Gasteiger partial charge on any atom is -0.497 e. The van der Waals surface area contributed by atoms with E-state index in [9.17, 15) is 4.79 Å². The van der Waals surface area contributed by atoms with Crippen LogP contribution in [0, 0.1) is 11.8 Å². The number of benzene rings is 1. The van der Waals surface area contributed by atoms with Gasteiger partial charge >= 0.3 is 0 Å². The van der Waals surface area contributed by atoms with E-state index in [0.717, 1.165) is 24.3 Å². The Hall–Kier alpha value is -1.83. The maximum absolute atomic E-state index is 11.4. The van der Waals surface area contributed by atoms with E-state index in [4.69, 9.17) is 14.2 Å². The Labute approximate surface area is 125 Å². The van der Waals surface area contributed by atoms with Gasteiger partial charge in [-0.05, 0) is 30.0 Å². The zero-order valence-corrected chi connectivity index (χ0v) is 12.3. The van der Waals surface area contributed by atoms with Gasteiger partial charge in [0.15, 0.2) is 0 Å². The van der Waals surface area contributed by atoms with Gasteiger partial charge in [-0.3, -0.25) is 4.79 Å². The zero-order chi connectivity index (χ0) is 14.9. The highest BCUT2D eigenvalue weighted by Gasteiger charge is 2.22. The molecule has 1 saturated heterocycles. The van der Waals surface area contributed by atoms with Crippen molar-refractivity contribution in [2.75, 3.05) is 20.3 Å². The zero-order valence-electron chi connectivity index (χ0n) is 12.3. The van der Waals surface area contributed by atoms with E-state index in [1.165, 1.54) is 0 Å². The van der Waals surface area contributed by atoms with Crippen molar-refractivity contribution in [2.24, 2.45) is 0 Å². The van der Waals surface area contributed by atoms with Crippen LogP contribution in [-0.2, 0) is 20.9 Å². The molecule has 0 bridgehead atoms. The number of Topliss-reactive ketones (excluding diaryl/α,β-unsaturated/α-hetero) is 1. The van der Waals surface area contributed by atoms with Crippen molar-refractivity contribution in [3.8, 4) is 17.6 Å². The van der Waals surface area contributed by atoms with Crippen LogP contribution in [0.15, 0.2) is 24.3 Å². The first-order chi connectivity index (χ1) is 10.3. The molecule has 112 valence electrons. The number of rotatable bonds is 8. The van der Waals surface area contributed by atoms with Crippen LogP contribution in [0.1, 0.15) is 24.8 Å². The lowest BCUT2D eigenvalue weighted by atomic mass is 10.2. The fourth-order valence-corrected chi connectivity index (χ4v) is 1.79. The summed E-state index contributed by atoms with van der Waals surface area (Å²) in [5.41, 5.74) is 1.09. The molecule has 0 aliphatic carbocycles. The lowest BCUT2D eigenvalue weighted by Gasteiger charge is -2.03. The second-order valence-corrected chi connectivity index (χ2v) is 4.87. The Balaban J connectivity index is 1.55. The number of ether oxygens (including phenoxy) is 3. The molecule has 1 fully saturated rings. The molecule has 0 spiro atoms. The van der Waals surface area contributed by atoms with Gasteiger partial charge in [-0.15, -0.1) is 0 Å². The molecule has 4 nitrogen and oxygen atoms in total. The van der Waals surface area contributed by atoms with E-state index in [-0.39, 0.29) is 5.78 Å². The number of carbonyl (C=O) groups excluding carboxylic acids is 1. The SMILES string of the molecule is COc1ccc(COCCC#CC(=O)CCC2CO2)cc1. The first-order valence-electron chi connectivity index (χ1n) is 7.12. The summed E-state index contributed by atoms with van der Waals surface area (Å²) < 4.78 is 15.6. The lowest BCUT2D eigenvalue weighted by Crippen LogP contribution is -1.97. The van der Waals surface area contributed by atoms with Gasteiger partial charge in [0.2, 0.25) is 5.78 Å². The van der Waals surface area contributed by atoms with Crippen molar-refractivity contribution in [2.45, 2.75) is 32.0 Å². The molecule has 1 atom stereocenters. The number of methoxy groups -OCH3 is 1. The van der Waals surface area contributed by atoms with Gasteiger partial charge in [0.1, 0.15) is 5.75 Å². The molecule has 2 rings (SSSR count). The van der Waals surface area contributed by atoms with Crippen molar-refractivity contribution < 1.29 is 19.0 Å². The summed E-state index contributed by atoms with van der Waals surface area (Å²) in [4.78, 5) is 11.4. The number of hydrogen-bond donors (Lipinski definition) is 0. The fourth-order valence-electron chi connectivity index (χ4n) is 1.79. The highest BCUT2D eigenvalue weighted by Crippen LogP contribution is 2.15. The van der Waals surface area contributed by atoms with Crippen LogP contribution in [-0.4, -0.2) is 32.2 Å². The van der Waals surface area contributed by atoms with Crippen LogP contribution in [0.3, 0.4) is 0 Å². The molecule has 4 heteroatoms. The summed E-state index contributed by atoms with van der Waals surface area (Å²) in [7, 11) is 1.64. The van der Waals surface area contributed by atoms with E-state index < -0.39 is 0 Å². The highest BCUT2D eigenvalue weighted by molar-refractivity contribution is 5.95. The van der Waals surface area contributed by atoms with E-state index >= 15 is 0 Å². The maximum atomic E-state index is 11.4. The van der Waals surface area contributed by atoms with Crippen LogP contribution >= 0.6 is 0 Å². The maximum Gasteiger partial charge on any atom is 0.205 e. The van der Waals surface area contributed by atoms with Crippen LogP contribution in [0.25, 0.3) is 0 Å². The third-order valence-corrected chi connectivity index (χ3v) is 3.12. The van der Waals surface area contributed by atoms with Crippen molar-refractivity contribution in [3.63, 3.8) is 0 Å². The smallest absolute Gasteiger partial charge is 0.205 e. The topological polar surface area (TPSA) is 48.1 Å². The lowest BCUT2D eigenvalue weighted by molar-refractivity contribution is -0.114. The second kappa shape index (κ2) is 8.46. The van der Waals surface area contributed by atoms with Gasteiger partial charge in [-0.25, -0.2) is 0 Å². The summed E-state index contributed by atoms with van der Waals surface area (Å²) in [6, 6.07) is 7.74. The Morgan fingerprint density at radius 1 is 1.38 bits per heavy atom. The first-order valence-corrected chi connectivity index (χ1v) is 7.12. The first kappa shape index (κ1) is 15.6. The van der Waals surface area contributed by atoms with Gasteiger partial charge < -0.3 is 14.2 Å². The minimum absolute atomic E-state index is 0.0133. The predicted octanol–water partition coefficient (Wildman–Crippen LogP) is 2.35. The van der Waals surface area contributed by atoms with E-state index in [1.54, 1.807) is 7.11 Å². The average Bonchev–Trinajstić information content (AvgIpc) is 3.33. The Bertz CT molecular complexity index is 506. The van der Waals surface area contributed by atoms with Crippen LogP contribution in [0.5, 0.6) is 5.75 Å². The Kier molecular flexibility index (Phi) is 6.26.